The number of nitrogens with zero attached hydrogens (tertiary/aromatic N) is 2. The Balaban J connectivity index is 1.59. The molecular weight excluding hydrogens is 652 g/mol. The van der Waals surface area contributed by atoms with Crippen LogP contribution in [0.15, 0.2) is 127 Å². The highest BCUT2D eigenvalue weighted by Crippen LogP contribution is 2.41. The monoisotopic (exact) mass is 668 g/mol. The third-order valence-electron chi connectivity index (χ3n) is 5.35. The molecule has 1 aliphatic rings. The largest absolute Gasteiger partial charge is 0.377 e. The molecule has 38 heavy (non-hydrogen) atoms. The third-order valence-corrected chi connectivity index (χ3v) is 8.60. The van der Waals surface area contributed by atoms with E-state index in [1.54, 1.807) is 36.4 Å². The Bertz CT molecular complexity index is 1660. The summed E-state index contributed by atoms with van der Waals surface area (Å²) in [7, 11) is -4.12. The summed E-state index contributed by atoms with van der Waals surface area (Å²) in [5, 5.41) is 0.479. The van der Waals surface area contributed by atoms with Crippen LogP contribution in [0.2, 0.25) is 0 Å². The van der Waals surface area contributed by atoms with Gasteiger partial charge in [0, 0.05) is 10.0 Å². The fraction of sp³-hybridized carbons (Fsp3) is 0. The lowest BCUT2D eigenvalue weighted by Gasteiger charge is -2.15. The molecule has 1 amide bonds. The lowest BCUT2D eigenvalue weighted by Crippen LogP contribution is -2.28. The summed E-state index contributed by atoms with van der Waals surface area (Å²) >= 11 is 8.07. The van der Waals surface area contributed by atoms with Crippen molar-refractivity contribution in [2.45, 2.75) is 4.90 Å². The van der Waals surface area contributed by atoms with Crippen LogP contribution < -0.4 is 9.08 Å². The third kappa shape index (κ3) is 5.78. The van der Waals surface area contributed by atoms with Gasteiger partial charge in [0.1, 0.15) is 4.90 Å². The smallest absolute Gasteiger partial charge is 0.339 e. The van der Waals surface area contributed by atoms with Gasteiger partial charge in [0.25, 0.3) is 5.91 Å². The van der Waals surface area contributed by atoms with Gasteiger partial charge in [-0.2, -0.15) is 8.42 Å². The predicted octanol–water partition coefficient (Wildman–Crippen LogP) is 7.79. The summed E-state index contributed by atoms with van der Waals surface area (Å²) in [5.74, 6) is -0.221. The van der Waals surface area contributed by atoms with Gasteiger partial charge in [0.15, 0.2) is 10.9 Å². The van der Waals surface area contributed by atoms with E-state index in [9.17, 15) is 13.2 Å². The molecule has 0 N–H and O–H groups in total. The van der Waals surface area contributed by atoms with E-state index < -0.39 is 10.1 Å². The lowest BCUT2D eigenvalue weighted by atomic mass is 10.2. The number of amides is 1. The minimum absolute atomic E-state index is 0.0206. The van der Waals surface area contributed by atoms with Crippen LogP contribution >= 0.6 is 43.6 Å². The average Bonchev–Trinajstić information content (AvgIpc) is 3.21. The van der Waals surface area contributed by atoms with Gasteiger partial charge >= 0.3 is 10.1 Å². The molecular formula is C28H18Br2N2O4S2. The Morgan fingerprint density at radius 2 is 1.45 bits per heavy atom. The number of halogens is 2. The maximum atomic E-state index is 13.7. The molecule has 0 saturated carbocycles. The van der Waals surface area contributed by atoms with E-state index in [0.29, 0.717) is 36.0 Å². The van der Waals surface area contributed by atoms with Crippen LogP contribution in [-0.2, 0) is 14.9 Å². The fourth-order valence-corrected chi connectivity index (χ4v) is 7.06. The van der Waals surface area contributed by atoms with Gasteiger partial charge in [0.2, 0.25) is 0 Å². The second kappa shape index (κ2) is 11.3. The zero-order valence-electron chi connectivity index (χ0n) is 19.5. The minimum atomic E-state index is -4.12. The number of rotatable bonds is 6. The van der Waals surface area contributed by atoms with Gasteiger partial charge < -0.3 is 4.18 Å². The number of carbonyl (C=O) groups excluding carboxylic acids is 1. The summed E-state index contributed by atoms with van der Waals surface area (Å²) in [4.78, 5) is 20.3. The molecule has 0 radical (unpaired) electrons. The van der Waals surface area contributed by atoms with Crippen molar-refractivity contribution in [1.29, 1.82) is 0 Å². The van der Waals surface area contributed by atoms with Gasteiger partial charge in [0.05, 0.1) is 20.8 Å². The van der Waals surface area contributed by atoms with Crippen LogP contribution in [0.3, 0.4) is 0 Å². The van der Waals surface area contributed by atoms with Crippen molar-refractivity contribution < 1.29 is 17.4 Å². The highest BCUT2D eigenvalue weighted by molar-refractivity contribution is 9.11. The van der Waals surface area contributed by atoms with E-state index in [0.717, 1.165) is 0 Å². The molecule has 10 heteroatoms. The van der Waals surface area contributed by atoms with Crippen LogP contribution in [0.4, 0.5) is 11.4 Å². The number of carbonyl (C=O) groups is 1. The Morgan fingerprint density at radius 1 is 0.842 bits per heavy atom. The second-order valence-corrected chi connectivity index (χ2v) is 12.3. The van der Waals surface area contributed by atoms with Gasteiger partial charge in [-0.25, -0.2) is 4.99 Å². The molecule has 0 aliphatic carbocycles. The van der Waals surface area contributed by atoms with Gasteiger partial charge in [-0.15, -0.1) is 0 Å². The molecule has 0 aromatic heterocycles. The maximum Gasteiger partial charge on any atom is 0.339 e. The van der Waals surface area contributed by atoms with Crippen LogP contribution in [0.1, 0.15) is 5.56 Å². The number of benzene rings is 4. The van der Waals surface area contributed by atoms with E-state index in [1.807, 2.05) is 60.7 Å². The fourth-order valence-electron chi connectivity index (χ4n) is 3.63. The molecule has 190 valence electrons. The average molecular weight is 670 g/mol. The lowest BCUT2D eigenvalue weighted by molar-refractivity contribution is -0.113. The topological polar surface area (TPSA) is 76.0 Å². The van der Waals surface area contributed by atoms with Crippen LogP contribution in [0, 0.1) is 0 Å². The van der Waals surface area contributed by atoms with Gasteiger partial charge in [-0.3, -0.25) is 9.69 Å². The number of hydrogen-bond donors (Lipinski definition) is 0. The zero-order valence-corrected chi connectivity index (χ0v) is 24.3. The second-order valence-electron chi connectivity index (χ2n) is 7.97. The van der Waals surface area contributed by atoms with Crippen LogP contribution in [0.25, 0.3) is 6.08 Å². The van der Waals surface area contributed by atoms with Crippen molar-refractivity contribution in [3.05, 3.63) is 123 Å². The van der Waals surface area contributed by atoms with E-state index >= 15 is 0 Å². The molecule has 1 saturated heterocycles. The van der Waals surface area contributed by atoms with Gasteiger partial charge in [-0.05, 0) is 82.3 Å². The van der Waals surface area contributed by atoms with E-state index in [-0.39, 0.29) is 16.6 Å². The molecule has 0 unspecified atom stereocenters. The number of hydrogen-bond acceptors (Lipinski definition) is 6. The normalized spacial score (nSPS) is 15.8. The Labute approximate surface area is 241 Å². The van der Waals surface area contributed by atoms with Crippen molar-refractivity contribution in [3.63, 3.8) is 0 Å². The molecule has 5 rings (SSSR count). The zero-order chi connectivity index (χ0) is 26.7. The summed E-state index contributed by atoms with van der Waals surface area (Å²) in [5.41, 5.74) is 1.77. The highest BCUT2D eigenvalue weighted by atomic mass is 79.9. The van der Waals surface area contributed by atoms with E-state index in [1.165, 1.54) is 28.8 Å². The Morgan fingerprint density at radius 3 is 2.11 bits per heavy atom. The standard InChI is InChI=1S/C28H18Br2N2O4S2/c29-20-16-19(26(24(30)18-20)36-38(34,35)23-14-8-3-9-15-23)17-25-27(33)32(22-12-6-2-7-13-22)28(37-25)31-21-10-4-1-5-11-21/h1-18H/b25-17+,31-28?. The van der Waals surface area contributed by atoms with E-state index in [4.69, 9.17) is 9.18 Å². The van der Waals surface area contributed by atoms with Crippen molar-refractivity contribution in [1.82, 2.24) is 0 Å². The van der Waals surface area contributed by atoms with Crippen LogP contribution in [-0.4, -0.2) is 19.5 Å². The minimum Gasteiger partial charge on any atom is -0.377 e. The molecule has 1 heterocycles. The molecule has 4 aromatic rings. The quantitative estimate of drug-likeness (QED) is 0.155. The number of para-hydroxylation sites is 2. The van der Waals surface area contributed by atoms with Crippen molar-refractivity contribution in [2.24, 2.45) is 4.99 Å². The Kier molecular flexibility index (Phi) is 7.85. The van der Waals surface area contributed by atoms with Crippen LogP contribution in [0.5, 0.6) is 5.75 Å². The summed E-state index contributed by atoms with van der Waals surface area (Å²) in [6, 6.07) is 29.8. The molecule has 0 spiro atoms. The first-order valence-corrected chi connectivity index (χ1v) is 15.0. The van der Waals surface area contributed by atoms with Crippen molar-refractivity contribution in [3.8, 4) is 5.75 Å². The first-order valence-electron chi connectivity index (χ1n) is 11.2. The number of aliphatic imine (C=N–C) groups is 1. The van der Waals surface area contributed by atoms with E-state index in [2.05, 4.69) is 31.9 Å². The number of anilines is 1. The Hall–Kier alpha value is -3.18. The van der Waals surface area contributed by atoms with Crippen molar-refractivity contribution >= 4 is 82.3 Å². The molecule has 0 bridgehead atoms. The van der Waals surface area contributed by atoms with Crippen molar-refractivity contribution in [2.75, 3.05) is 4.90 Å². The molecule has 0 atom stereocenters. The molecule has 1 fully saturated rings. The number of amidine groups is 1. The SMILES string of the molecule is O=C1/C(=C\c2cc(Br)cc(Br)c2OS(=O)(=O)c2ccccc2)SC(=Nc2ccccc2)N1c1ccccc1. The summed E-state index contributed by atoms with van der Waals surface area (Å²) in [6.07, 6.45) is 1.61. The maximum absolute atomic E-state index is 13.7. The number of thioether (sulfide) groups is 1. The first kappa shape index (κ1) is 26.4. The van der Waals surface area contributed by atoms with Gasteiger partial charge in [-0.1, -0.05) is 70.5 Å². The molecule has 1 aliphatic heterocycles. The summed E-state index contributed by atoms with van der Waals surface area (Å²) in [6.45, 7) is 0. The predicted molar refractivity (Wildman–Crippen MR) is 159 cm³/mol. The summed E-state index contributed by atoms with van der Waals surface area (Å²) < 4.78 is 32.7. The molecule has 6 nitrogen and oxygen atoms in total. The molecule has 4 aromatic carbocycles. The first-order chi connectivity index (χ1) is 18.3. The highest BCUT2D eigenvalue weighted by Gasteiger charge is 2.35.